The first kappa shape index (κ1) is 27.3. The number of carbonyl (C=O) groups is 2. The zero-order chi connectivity index (χ0) is 29.9. The van der Waals surface area contributed by atoms with Crippen molar-refractivity contribution in [1.29, 1.82) is 0 Å². The topological polar surface area (TPSA) is 108 Å². The Morgan fingerprint density at radius 1 is 1.09 bits per heavy atom. The van der Waals surface area contributed by atoms with Crippen LogP contribution in [0.5, 0.6) is 17.2 Å². The maximum absolute atomic E-state index is 14.0. The summed E-state index contributed by atoms with van der Waals surface area (Å²) < 4.78 is 54.1. The molecule has 10 nitrogen and oxygen atoms in total. The molecule has 0 spiro atoms. The summed E-state index contributed by atoms with van der Waals surface area (Å²) in [6.45, 7) is 2.34. The second-order valence-electron chi connectivity index (χ2n) is 11.2. The number of hydrogen-bond acceptors (Lipinski definition) is 7. The van der Waals surface area contributed by atoms with Crippen LogP contribution in [-0.2, 0) is 17.4 Å². The monoisotopic (exact) mass is 594 g/mol. The van der Waals surface area contributed by atoms with Crippen molar-refractivity contribution < 1.29 is 32.2 Å². The van der Waals surface area contributed by atoms with E-state index in [0.29, 0.717) is 62.1 Å². The van der Waals surface area contributed by atoms with Gasteiger partial charge in [0.05, 0.1) is 17.5 Å². The van der Waals surface area contributed by atoms with E-state index < -0.39 is 17.8 Å². The first-order chi connectivity index (χ1) is 20.6. The van der Waals surface area contributed by atoms with Crippen molar-refractivity contribution in [3.8, 4) is 17.2 Å². The molecular formula is C30H29F3N6O4. The van der Waals surface area contributed by atoms with Crippen molar-refractivity contribution >= 4 is 29.1 Å². The highest BCUT2D eigenvalue weighted by atomic mass is 19.4. The van der Waals surface area contributed by atoms with Crippen molar-refractivity contribution in [1.82, 2.24) is 15.2 Å². The second kappa shape index (κ2) is 10.3. The minimum atomic E-state index is -4.57. The molecular weight excluding hydrogens is 565 g/mol. The van der Waals surface area contributed by atoms with Crippen molar-refractivity contribution in [2.75, 3.05) is 48.8 Å². The molecule has 3 atom stereocenters. The number of amides is 3. The molecule has 3 aromatic rings. The van der Waals surface area contributed by atoms with E-state index >= 15 is 0 Å². The molecule has 1 aromatic heterocycles. The number of halogens is 3. The zero-order valence-electron chi connectivity index (χ0n) is 23.2. The molecule has 3 N–H and O–H groups in total. The molecule has 1 saturated carbocycles. The number of urea groups is 1. The highest BCUT2D eigenvalue weighted by Gasteiger charge is 2.59. The summed E-state index contributed by atoms with van der Waals surface area (Å²) in [7, 11) is 1.94. The minimum Gasteiger partial charge on any atom is -0.487 e. The maximum Gasteiger partial charge on any atom is 0.418 e. The number of anilines is 3. The number of pyridine rings is 1. The van der Waals surface area contributed by atoms with Gasteiger partial charge in [-0.25, -0.2) is 9.78 Å². The molecule has 0 radical (unpaired) electrons. The number of carbonyl (C=O) groups excluding carboxylic acids is 2. The van der Waals surface area contributed by atoms with Crippen LogP contribution in [0.25, 0.3) is 0 Å². The second-order valence-corrected chi connectivity index (χ2v) is 11.2. The van der Waals surface area contributed by atoms with Crippen LogP contribution in [0.1, 0.15) is 29.0 Å². The molecule has 3 amide bonds. The fraction of sp³-hybridized carbons (Fsp3) is 0.367. The number of fused-ring (bicyclic) bond motifs is 4. The Hall–Kier alpha value is -4.52. The summed E-state index contributed by atoms with van der Waals surface area (Å²) in [6, 6.07) is 10.2. The Labute approximate surface area is 245 Å². The number of nitrogens with zero attached hydrogens (tertiary/aromatic N) is 3. The van der Waals surface area contributed by atoms with Crippen LogP contribution < -0.4 is 30.3 Å². The third-order valence-electron chi connectivity index (χ3n) is 8.36. The molecule has 224 valence electrons. The van der Waals surface area contributed by atoms with Crippen LogP contribution in [0.3, 0.4) is 0 Å². The summed E-state index contributed by atoms with van der Waals surface area (Å²) in [6.07, 6.45) is -2.40. The van der Waals surface area contributed by atoms with Crippen LogP contribution >= 0.6 is 0 Å². The van der Waals surface area contributed by atoms with E-state index in [9.17, 15) is 22.8 Å². The van der Waals surface area contributed by atoms with Gasteiger partial charge in [0.15, 0.2) is 0 Å². The number of nitrogens with one attached hydrogen (secondary N) is 3. The van der Waals surface area contributed by atoms with Crippen molar-refractivity contribution in [2.45, 2.75) is 37.1 Å². The lowest BCUT2D eigenvalue weighted by Gasteiger charge is -2.35. The third kappa shape index (κ3) is 5.29. The average Bonchev–Trinajstić information content (AvgIpc) is 3.48. The molecule has 1 aliphatic carbocycles. The summed E-state index contributed by atoms with van der Waals surface area (Å²) in [5, 5.41) is 8.16. The van der Waals surface area contributed by atoms with E-state index in [4.69, 9.17) is 9.47 Å². The SMILES string of the molecule is CN1CCN(c2ccc(NC(=O)NC3[C@H]4Oc5ccc(Oc6ccnc7c6CCC(=O)N7)cc5[C@@H]34)cc2C(F)(F)F)CC1. The van der Waals surface area contributed by atoms with E-state index in [1.54, 1.807) is 23.2 Å². The largest absolute Gasteiger partial charge is 0.487 e. The standard InChI is InChI=1S/C30H29F3N6O4/c1-38-10-12-39(13-11-38)21-5-2-16(14-20(21)30(31,32)33)35-29(41)37-26-25-19-15-17(3-6-22(19)43-27(25)26)42-23-8-9-34-28-18(23)4-7-24(40)36-28/h2-3,5-6,8-9,14-15,25-27H,4,7,10-13H2,1H3,(H,34,36,40)(H2,35,37,41)/t25-,26?,27-/m0/s1. The molecule has 7 rings (SSSR count). The fourth-order valence-corrected chi connectivity index (χ4v) is 6.04. The van der Waals surface area contributed by atoms with Crippen LogP contribution in [0.15, 0.2) is 48.7 Å². The quantitative estimate of drug-likeness (QED) is 0.397. The van der Waals surface area contributed by atoms with Gasteiger partial charge in [-0.3, -0.25) is 4.79 Å². The smallest absolute Gasteiger partial charge is 0.418 e. The summed E-state index contributed by atoms with van der Waals surface area (Å²) >= 11 is 0. The highest BCUT2D eigenvalue weighted by molar-refractivity contribution is 5.93. The van der Waals surface area contributed by atoms with Crippen LogP contribution in [0, 0.1) is 0 Å². The molecule has 13 heteroatoms. The Morgan fingerprint density at radius 2 is 1.91 bits per heavy atom. The predicted octanol–water partition coefficient (Wildman–Crippen LogP) is 4.58. The molecule has 3 aliphatic heterocycles. The Bertz CT molecular complexity index is 1610. The first-order valence-corrected chi connectivity index (χ1v) is 14.1. The van der Waals surface area contributed by atoms with Gasteiger partial charge in [-0.1, -0.05) is 0 Å². The Balaban J connectivity index is 1.02. The number of ether oxygens (including phenoxy) is 2. The predicted molar refractivity (Wildman–Crippen MR) is 152 cm³/mol. The van der Waals surface area contributed by atoms with E-state index in [2.05, 4.69) is 25.8 Å². The molecule has 2 aromatic carbocycles. The van der Waals surface area contributed by atoms with E-state index in [0.717, 1.165) is 17.2 Å². The molecule has 4 aliphatic rings. The lowest BCUT2D eigenvalue weighted by molar-refractivity contribution is -0.137. The van der Waals surface area contributed by atoms with E-state index in [-0.39, 0.29) is 35.3 Å². The van der Waals surface area contributed by atoms with Gasteiger partial charge in [0, 0.05) is 61.3 Å². The van der Waals surface area contributed by atoms with Crippen LogP contribution in [0.2, 0.25) is 0 Å². The van der Waals surface area contributed by atoms with Crippen LogP contribution in [-0.4, -0.2) is 67.2 Å². The van der Waals surface area contributed by atoms with E-state index in [1.165, 1.54) is 12.1 Å². The maximum atomic E-state index is 14.0. The average molecular weight is 595 g/mol. The van der Waals surface area contributed by atoms with Gasteiger partial charge in [0.2, 0.25) is 5.91 Å². The summed E-state index contributed by atoms with van der Waals surface area (Å²) in [5.41, 5.74) is 1.09. The Morgan fingerprint density at radius 3 is 2.70 bits per heavy atom. The number of piperazine rings is 1. The van der Waals surface area contributed by atoms with E-state index in [1.807, 2.05) is 19.2 Å². The van der Waals surface area contributed by atoms with Gasteiger partial charge in [-0.2, -0.15) is 13.2 Å². The van der Waals surface area contributed by atoms with Gasteiger partial charge >= 0.3 is 12.2 Å². The number of hydrogen-bond donors (Lipinski definition) is 3. The van der Waals surface area contributed by atoms with Crippen LogP contribution in [0.4, 0.5) is 35.2 Å². The van der Waals surface area contributed by atoms with Gasteiger partial charge in [-0.15, -0.1) is 0 Å². The number of rotatable bonds is 5. The first-order valence-electron chi connectivity index (χ1n) is 14.1. The molecule has 2 fully saturated rings. The number of alkyl halides is 3. The number of aromatic nitrogens is 1. The molecule has 4 heterocycles. The van der Waals surface area contributed by atoms with Crippen molar-refractivity contribution in [3.63, 3.8) is 0 Å². The lowest BCUT2D eigenvalue weighted by Crippen LogP contribution is -2.45. The summed E-state index contributed by atoms with van der Waals surface area (Å²) in [4.78, 5) is 32.6. The van der Waals surface area contributed by atoms with Crippen molar-refractivity contribution in [2.24, 2.45) is 0 Å². The van der Waals surface area contributed by atoms with Crippen molar-refractivity contribution in [3.05, 3.63) is 65.4 Å². The zero-order valence-corrected chi connectivity index (χ0v) is 23.2. The van der Waals surface area contributed by atoms with Gasteiger partial charge < -0.3 is 35.2 Å². The minimum absolute atomic E-state index is 0.0578. The van der Waals surface area contributed by atoms with Gasteiger partial charge in [0.25, 0.3) is 0 Å². The normalized spacial score (nSPS) is 22.5. The molecule has 1 unspecified atom stereocenters. The lowest BCUT2D eigenvalue weighted by atomic mass is 10.1. The van der Waals surface area contributed by atoms with Gasteiger partial charge in [-0.05, 0) is 55.9 Å². The molecule has 43 heavy (non-hydrogen) atoms. The highest BCUT2D eigenvalue weighted by Crippen LogP contribution is 2.54. The Kier molecular flexibility index (Phi) is 6.56. The fourth-order valence-electron chi connectivity index (χ4n) is 6.04. The number of likely N-dealkylation sites (N-methyl/N-ethyl adjacent to an activating group) is 1. The van der Waals surface area contributed by atoms with Gasteiger partial charge in [0.1, 0.15) is 29.2 Å². The molecule has 1 saturated heterocycles. The number of benzene rings is 2. The summed E-state index contributed by atoms with van der Waals surface area (Å²) in [5.74, 6) is 2.16. The molecule has 0 bridgehead atoms. The third-order valence-corrected chi connectivity index (χ3v) is 8.36.